The summed E-state index contributed by atoms with van der Waals surface area (Å²) in [5, 5.41) is 11.7. The molecular formula is C39H51ClF3N3O8Si. The molecule has 0 radical (unpaired) electrons. The molecule has 3 unspecified atom stereocenters. The Morgan fingerprint density at radius 2 is 1.51 bits per heavy atom. The quantitative estimate of drug-likeness (QED) is 0.220. The minimum Gasteiger partial charge on any atom is -0.482 e. The van der Waals surface area contributed by atoms with E-state index in [0.29, 0.717) is 21.7 Å². The van der Waals surface area contributed by atoms with Gasteiger partial charge >= 0.3 is 18.4 Å². The number of alkyl halides is 3. The van der Waals surface area contributed by atoms with Crippen LogP contribution in [0, 0.1) is 0 Å². The van der Waals surface area contributed by atoms with E-state index >= 15 is 0 Å². The zero-order valence-electron chi connectivity index (χ0n) is 33.3. The predicted octanol–water partition coefficient (Wildman–Crippen LogP) is 10.2. The monoisotopic (exact) mass is 809 g/mol. The summed E-state index contributed by atoms with van der Waals surface area (Å²) in [5.41, 5.74) is -3.83. The average molecular weight is 810 g/mol. The molecule has 3 aromatic rings. The summed E-state index contributed by atoms with van der Waals surface area (Å²) in [5.74, 6) is -0.660. The maximum Gasteiger partial charge on any atom is 0.425 e. The van der Waals surface area contributed by atoms with E-state index in [1.54, 1.807) is 53.7 Å². The van der Waals surface area contributed by atoms with Crippen molar-refractivity contribution in [3.8, 4) is 16.9 Å². The molecular weight excluding hydrogens is 759 g/mol. The Kier molecular flexibility index (Phi) is 12.5. The first-order valence-corrected chi connectivity index (χ1v) is 21.1. The van der Waals surface area contributed by atoms with Crippen molar-refractivity contribution in [1.29, 1.82) is 0 Å². The van der Waals surface area contributed by atoms with Gasteiger partial charge in [0.2, 0.25) is 0 Å². The Hall–Kier alpha value is -3.76. The van der Waals surface area contributed by atoms with Crippen LogP contribution in [-0.4, -0.2) is 66.1 Å². The second-order valence-electron chi connectivity index (χ2n) is 17.1. The number of pyridine rings is 2. The van der Waals surface area contributed by atoms with E-state index in [1.807, 2.05) is 0 Å². The number of benzene rings is 1. The van der Waals surface area contributed by atoms with Crippen LogP contribution in [-0.2, 0) is 30.4 Å². The van der Waals surface area contributed by atoms with Crippen LogP contribution in [0.1, 0.15) is 92.2 Å². The number of aromatic nitrogens is 2. The molecule has 0 aliphatic carbocycles. The molecule has 2 aromatic heterocycles. The highest BCUT2D eigenvalue weighted by molar-refractivity contribution is 6.74. The molecule has 55 heavy (non-hydrogen) atoms. The van der Waals surface area contributed by atoms with Gasteiger partial charge in [-0.25, -0.2) is 14.6 Å². The molecule has 16 heteroatoms. The first-order chi connectivity index (χ1) is 25.0. The van der Waals surface area contributed by atoms with Crippen LogP contribution < -0.4 is 9.64 Å². The predicted molar refractivity (Wildman–Crippen MR) is 205 cm³/mol. The molecule has 1 aromatic carbocycles. The van der Waals surface area contributed by atoms with Gasteiger partial charge in [-0.05, 0) is 96.9 Å². The Morgan fingerprint density at radius 3 is 2.02 bits per heavy atom. The van der Waals surface area contributed by atoms with Crippen LogP contribution in [0.5, 0.6) is 5.75 Å². The van der Waals surface area contributed by atoms with Crippen LogP contribution in [0.15, 0.2) is 48.8 Å². The number of anilines is 1. The molecule has 0 spiro atoms. The number of halogens is 4. The fourth-order valence-electron chi connectivity index (χ4n) is 5.37. The summed E-state index contributed by atoms with van der Waals surface area (Å²) in [6.07, 6.45) is -6.25. The molecule has 11 nitrogen and oxygen atoms in total. The summed E-state index contributed by atoms with van der Waals surface area (Å²) in [6.45, 7) is 21.6. The molecule has 1 aliphatic heterocycles. The van der Waals surface area contributed by atoms with Gasteiger partial charge in [0, 0.05) is 34.1 Å². The number of hydrogen-bond donors (Lipinski definition) is 1. The summed E-state index contributed by atoms with van der Waals surface area (Å²) < 4.78 is 71.9. The molecule has 4 rings (SSSR count). The lowest BCUT2D eigenvalue weighted by molar-refractivity contribution is -0.138. The topological polar surface area (TPSA) is 130 Å². The maximum atomic E-state index is 14.1. The van der Waals surface area contributed by atoms with Gasteiger partial charge in [-0.15, -0.1) is 0 Å². The molecule has 0 saturated carbocycles. The zero-order valence-corrected chi connectivity index (χ0v) is 35.1. The molecule has 3 atom stereocenters. The number of ether oxygens (including phenoxy) is 4. The van der Waals surface area contributed by atoms with Gasteiger partial charge in [-0.2, -0.15) is 18.1 Å². The first-order valence-electron chi connectivity index (χ1n) is 17.8. The lowest BCUT2D eigenvalue weighted by Crippen LogP contribution is -2.50. The lowest BCUT2D eigenvalue weighted by Gasteiger charge is -2.41. The zero-order chi connectivity index (χ0) is 41.5. The molecule has 1 aliphatic rings. The van der Waals surface area contributed by atoms with Crippen molar-refractivity contribution in [1.82, 2.24) is 9.97 Å². The Balaban J connectivity index is 1.83. The maximum absolute atomic E-state index is 14.1. The number of nitrogens with zero attached hydrogens (tertiary/aromatic N) is 3. The van der Waals surface area contributed by atoms with Crippen molar-refractivity contribution < 1.29 is 51.2 Å². The van der Waals surface area contributed by atoms with Gasteiger partial charge in [-0.1, -0.05) is 38.4 Å². The summed E-state index contributed by atoms with van der Waals surface area (Å²) >= 11 is 6.13. The Bertz CT molecular complexity index is 1850. The second kappa shape index (κ2) is 15.6. The van der Waals surface area contributed by atoms with Crippen LogP contribution in [0.4, 0.5) is 28.6 Å². The number of aliphatic hydroxyl groups is 1. The van der Waals surface area contributed by atoms with Crippen molar-refractivity contribution in [2.45, 2.75) is 123 Å². The van der Waals surface area contributed by atoms with Crippen LogP contribution >= 0.6 is 11.6 Å². The van der Waals surface area contributed by atoms with Crippen molar-refractivity contribution in [3.63, 3.8) is 0 Å². The fourth-order valence-corrected chi connectivity index (χ4v) is 6.88. The van der Waals surface area contributed by atoms with Crippen molar-refractivity contribution in [2.75, 3.05) is 18.1 Å². The number of amides is 2. The van der Waals surface area contributed by atoms with Crippen molar-refractivity contribution >= 4 is 37.9 Å². The molecule has 302 valence electrons. The van der Waals surface area contributed by atoms with Gasteiger partial charge in [-0.3, -0.25) is 4.98 Å². The number of imide groups is 1. The molecule has 3 heterocycles. The standard InChI is InChI=1S/C39H51ClF3N3O8Si/c1-23(27-18-26(40)14-15-28(27)39(41,42)43)51-29-17-25(20-45-32(29)46(33(47)52-35(2,3)4)34(48)53-36(5,6)7)24-13-16-30(44-19-24)38(49)22-50-21-31(38)54-55(11,12)37(8,9)10/h13-20,23,31,49H,21-22H2,1-12H3. The van der Waals surface area contributed by atoms with E-state index < -0.39 is 67.1 Å². The third-order valence-corrected chi connectivity index (χ3v) is 13.9. The molecule has 1 saturated heterocycles. The summed E-state index contributed by atoms with van der Waals surface area (Å²) in [4.78, 5) is 36.8. The third-order valence-electron chi connectivity index (χ3n) is 9.17. The molecule has 2 amide bonds. The SMILES string of the molecule is CC(Oc1cc(-c2ccc(C3(O)COCC3O[Si](C)(C)C(C)(C)C)nc2)cnc1N(C(=O)OC(C)(C)C)C(=O)OC(C)(C)C)c1cc(Cl)ccc1C(F)(F)F. The molecule has 0 bridgehead atoms. The number of carbonyl (C=O) groups is 2. The molecule has 1 fully saturated rings. The Labute approximate surface area is 326 Å². The average Bonchev–Trinajstić information content (AvgIpc) is 3.39. The fraction of sp³-hybridized carbons (Fsp3) is 0.538. The van der Waals surface area contributed by atoms with Gasteiger partial charge in [0.25, 0.3) is 0 Å². The highest BCUT2D eigenvalue weighted by Crippen LogP contribution is 2.43. The third kappa shape index (κ3) is 10.6. The highest BCUT2D eigenvalue weighted by Gasteiger charge is 2.50. The smallest absolute Gasteiger partial charge is 0.425 e. The van der Waals surface area contributed by atoms with Crippen LogP contribution in [0.25, 0.3) is 11.1 Å². The van der Waals surface area contributed by atoms with Crippen LogP contribution in [0.2, 0.25) is 23.2 Å². The molecule has 1 N–H and O–H groups in total. The van der Waals surface area contributed by atoms with E-state index in [4.69, 9.17) is 35.0 Å². The van der Waals surface area contributed by atoms with Gasteiger partial charge in [0.1, 0.15) is 23.4 Å². The van der Waals surface area contributed by atoms with Gasteiger partial charge in [0.15, 0.2) is 25.5 Å². The van der Waals surface area contributed by atoms with Crippen LogP contribution in [0.3, 0.4) is 0 Å². The minimum absolute atomic E-state index is 0.0284. The van der Waals surface area contributed by atoms with Gasteiger partial charge < -0.3 is 28.5 Å². The van der Waals surface area contributed by atoms with E-state index in [9.17, 15) is 27.9 Å². The largest absolute Gasteiger partial charge is 0.482 e. The van der Waals surface area contributed by atoms with Gasteiger partial charge in [0.05, 0.1) is 24.5 Å². The minimum atomic E-state index is -4.75. The van der Waals surface area contributed by atoms with Crippen molar-refractivity contribution in [2.24, 2.45) is 0 Å². The number of hydrogen-bond acceptors (Lipinski definition) is 10. The Morgan fingerprint density at radius 1 is 0.927 bits per heavy atom. The number of carbonyl (C=O) groups excluding carboxylic acids is 2. The summed E-state index contributed by atoms with van der Waals surface area (Å²) in [7, 11) is -2.30. The first kappa shape index (κ1) is 44.0. The van der Waals surface area contributed by atoms with E-state index in [1.165, 1.54) is 25.4 Å². The summed E-state index contributed by atoms with van der Waals surface area (Å²) in [6, 6.07) is 7.80. The van der Waals surface area contributed by atoms with Crippen molar-refractivity contribution in [3.05, 3.63) is 70.6 Å². The second-order valence-corrected chi connectivity index (χ2v) is 22.3. The van der Waals surface area contributed by atoms with E-state index in [0.717, 1.165) is 18.2 Å². The normalized spacial score (nSPS) is 18.8. The lowest BCUT2D eigenvalue weighted by atomic mass is 9.95. The van der Waals surface area contributed by atoms with E-state index in [-0.39, 0.29) is 34.6 Å². The number of rotatable bonds is 8. The highest BCUT2D eigenvalue weighted by atomic mass is 35.5. The van der Waals surface area contributed by atoms with E-state index in [2.05, 4.69) is 43.8 Å².